The van der Waals surface area contributed by atoms with Crippen LogP contribution in [0, 0.1) is 0 Å². The lowest BCUT2D eigenvalue weighted by Gasteiger charge is -2.05. The summed E-state index contributed by atoms with van der Waals surface area (Å²) in [6.45, 7) is 0. The molecule has 0 aliphatic rings. The van der Waals surface area contributed by atoms with Crippen LogP contribution in [-0.2, 0) is 4.79 Å². The summed E-state index contributed by atoms with van der Waals surface area (Å²) in [5.41, 5.74) is 0.810. The third-order valence-electron chi connectivity index (χ3n) is 3.02. The van der Waals surface area contributed by atoms with E-state index in [1.807, 2.05) is 24.3 Å². The monoisotopic (exact) mass is 362 g/mol. The Hall–Kier alpha value is -2.59. The molecule has 0 aliphatic heterocycles. The average molecular weight is 362 g/mol. The lowest BCUT2D eigenvalue weighted by molar-refractivity contribution is -0.113. The van der Waals surface area contributed by atoms with E-state index in [2.05, 4.69) is 20.5 Å². The van der Waals surface area contributed by atoms with Gasteiger partial charge < -0.3 is 15.9 Å². The van der Waals surface area contributed by atoms with E-state index in [-0.39, 0.29) is 11.7 Å². The average Bonchev–Trinajstić information content (AvgIpc) is 3.23. The highest BCUT2D eigenvalue weighted by Crippen LogP contribution is 2.23. The summed E-state index contributed by atoms with van der Waals surface area (Å²) in [4.78, 5) is 15.9. The Morgan fingerprint density at radius 2 is 2.17 bits per heavy atom. The molecule has 0 aliphatic carbocycles. The van der Waals surface area contributed by atoms with Gasteiger partial charge in [-0.2, -0.15) is 0 Å². The first-order chi connectivity index (χ1) is 11.7. The Morgan fingerprint density at radius 3 is 2.83 bits per heavy atom. The molecule has 0 radical (unpaired) electrons. The van der Waals surface area contributed by atoms with Crippen LogP contribution in [-0.4, -0.2) is 38.6 Å². The molecule has 3 N–H and O–H groups in total. The summed E-state index contributed by atoms with van der Waals surface area (Å²) < 4.78 is 6.49. The van der Waals surface area contributed by atoms with E-state index in [1.165, 1.54) is 27.8 Å². The van der Waals surface area contributed by atoms with E-state index in [4.69, 9.17) is 10.6 Å². The highest BCUT2D eigenvalue weighted by atomic mass is 32.2. The number of amides is 1. The SMILES string of the molecule is COc1ccc(-c2nnc(SCC(=O)Nc3nccs3)n2N)cc1. The number of rotatable bonds is 6. The van der Waals surface area contributed by atoms with Crippen molar-refractivity contribution >= 4 is 34.1 Å². The lowest BCUT2D eigenvalue weighted by Crippen LogP contribution is -2.16. The summed E-state index contributed by atoms with van der Waals surface area (Å²) in [5.74, 6) is 7.27. The second kappa shape index (κ2) is 7.32. The van der Waals surface area contributed by atoms with E-state index in [0.717, 1.165) is 11.3 Å². The fourth-order valence-corrected chi connectivity index (χ4v) is 3.08. The minimum Gasteiger partial charge on any atom is -0.497 e. The fourth-order valence-electron chi connectivity index (χ4n) is 1.88. The first-order valence-corrected chi connectivity index (χ1v) is 8.71. The molecular weight excluding hydrogens is 348 g/mol. The molecule has 2 heterocycles. The minimum absolute atomic E-state index is 0.164. The number of benzene rings is 1. The number of thiazole rings is 1. The molecule has 0 fully saturated rings. The van der Waals surface area contributed by atoms with Gasteiger partial charge >= 0.3 is 0 Å². The number of nitrogens with two attached hydrogens (primary N) is 1. The van der Waals surface area contributed by atoms with Crippen LogP contribution in [0.5, 0.6) is 5.75 Å². The van der Waals surface area contributed by atoms with Gasteiger partial charge in [0, 0.05) is 17.1 Å². The highest BCUT2D eigenvalue weighted by Gasteiger charge is 2.14. The number of anilines is 1. The maximum Gasteiger partial charge on any atom is 0.236 e. The molecule has 3 aromatic rings. The lowest BCUT2D eigenvalue weighted by atomic mass is 10.2. The quantitative estimate of drug-likeness (QED) is 0.509. The number of nitrogens with one attached hydrogen (secondary N) is 1. The third-order valence-corrected chi connectivity index (χ3v) is 4.66. The molecule has 0 spiro atoms. The zero-order valence-corrected chi connectivity index (χ0v) is 14.3. The molecule has 124 valence electrons. The Morgan fingerprint density at radius 1 is 1.38 bits per heavy atom. The maximum atomic E-state index is 11.9. The maximum absolute atomic E-state index is 11.9. The molecule has 10 heteroatoms. The second-order valence-corrected chi connectivity index (χ2v) is 6.42. The van der Waals surface area contributed by atoms with Crippen molar-refractivity contribution < 1.29 is 9.53 Å². The van der Waals surface area contributed by atoms with Crippen molar-refractivity contribution in [3.63, 3.8) is 0 Å². The second-order valence-electron chi connectivity index (χ2n) is 4.58. The molecule has 3 rings (SSSR count). The number of thioether (sulfide) groups is 1. The molecule has 24 heavy (non-hydrogen) atoms. The molecule has 0 atom stereocenters. The number of nitrogens with zero attached hydrogens (tertiary/aromatic N) is 4. The van der Waals surface area contributed by atoms with Gasteiger partial charge in [-0.3, -0.25) is 4.79 Å². The van der Waals surface area contributed by atoms with Gasteiger partial charge in [-0.1, -0.05) is 11.8 Å². The summed E-state index contributed by atoms with van der Waals surface area (Å²) in [5, 5.41) is 13.6. The number of nitrogen functional groups attached to an aromatic ring is 1. The summed E-state index contributed by atoms with van der Waals surface area (Å²) in [7, 11) is 1.60. The van der Waals surface area contributed by atoms with Gasteiger partial charge in [0.05, 0.1) is 12.9 Å². The zero-order chi connectivity index (χ0) is 16.9. The molecular formula is C14H14N6O2S2. The van der Waals surface area contributed by atoms with Crippen LogP contribution in [0.15, 0.2) is 41.0 Å². The predicted molar refractivity (Wildman–Crippen MR) is 93.6 cm³/mol. The van der Waals surface area contributed by atoms with Crippen molar-refractivity contribution in [2.45, 2.75) is 5.16 Å². The number of carbonyl (C=O) groups excluding carboxylic acids is 1. The molecule has 0 bridgehead atoms. The van der Waals surface area contributed by atoms with Gasteiger partial charge in [0.25, 0.3) is 0 Å². The van der Waals surface area contributed by atoms with E-state index in [0.29, 0.717) is 16.1 Å². The molecule has 2 aromatic heterocycles. The predicted octanol–water partition coefficient (Wildman–Crippen LogP) is 1.85. The first-order valence-electron chi connectivity index (χ1n) is 6.84. The number of methoxy groups -OCH3 is 1. The van der Waals surface area contributed by atoms with Crippen LogP contribution < -0.4 is 15.9 Å². The molecule has 0 unspecified atom stereocenters. The summed E-state index contributed by atoms with van der Waals surface area (Å²) >= 11 is 2.56. The van der Waals surface area contributed by atoms with Crippen molar-refractivity contribution in [2.24, 2.45) is 0 Å². The van der Waals surface area contributed by atoms with Gasteiger partial charge in [-0.05, 0) is 24.3 Å². The Bertz CT molecular complexity index is 816. The van der Waals surface area contributed by atoms with Gasteiger partial charge in [0.1, 0.15) is 5.75 Å². The highest BCUT2D eigenvalue weighted by molar-refractivity contribution is 7.99. The number of hydrogen-bond donors (Lipinski definition) is 2. The molecule has 0 saturated carbocycles. The van der Waals surface area contributed by atoms with Crippen LogP contribution in [0.4, 0.5) is 5.13 Å². The van der Waals surface area contributed by atoms with E-state index >= 15 is 0 Å². The molecule has 0 saturated heterocycles. The minimum atomic E-state index is -0.177. The van der Waals surface area contributed by atoms with Crippen LogP contribution in [0.25, 0.3) is 11.4 Å². The van der Waals surface area contributed by atoms with Gasteiger partial charge in [0.15, 0.2) is 11.0 Å². The third kappa shape index (κ3) is 3.66. The van der Waals surface area contributed by atoms with Gasteiger partial charge in [-0.25, -0.2) is 9.66 Å². The van der Waals surface area contributed by atoms with E-state index < -0.39 is 0 Å². The van der Waals surface area contributed by atoms with Crippen molar-refractivity contribution in [3.05, 3.63) is 35.8 Å². The van der Waals surface area contributed by atoms with E-state index in [9.17, 15) is 4.79 Å². The van der Waals surface area contributed by atoms with Crippen molar-refractivity contribution in [2.75, 3.05) is 24.0 Å². The van der Waals surface area contributed by atoms with Crippen LogP contribution in [0.3, 0.4) is 0 Å². The van der Waals surface area contributed by atoms with Gasteiger partial charge in [-0.15, -0.1) is 21.5 Å². The van der Waals surface area contributed by atoms with Crippen molar-refractivity contribution in [1.82, 2.24) is 19.9 Å². The van der Waals surface area contributed by atoms with Crippen LogP contribution >= 0.6 is 23.1 Å². The number of hydrogen-bond acceptors (Lipinski definition) is 8. The Kier molecular flexibility index (Phi) is 4.96. The van der Waals surface area contributed by atoms with Gasteiger partial charge in [0.2, 0.25) is 11.1 Å². The summed E-state index contributed by atoms with van der Waals surface area (Å²) in [6.07, 6.45) is 1.63. The molecule has 1 amide bonds. The van der Waals surface area contributed by atoms with Crippen molar-refractivity contribution in [3.8, 4) is 17.1 Å². The normalized spacial score (nSPS) is 10.5. The van der Waals surface area contributed by atoms with E-state index in [1.54, 1.807) is 18.7 Å². The summed E-state index contributed by atoms with van der Waals surface area (Å²) in [6, 6.07) is 7.32. The number of aromatic nitrogens is 4. The topological polar surface area (TPSA) is 108 Å². The largest absolute Gasteiger partial charge is 0.497 e. The zero-order valence-electron chi connectivity index (χ0n) is 12.7. The van der Waals surface area contributed by atoms with Crippen molar-refractivity contribution in [1.29, 1.82) is 0 Å². The molecule has 8 nitrogen and oxygen atoms in total. The Labute approximate surface area is 146 Å². The standard InChI is InChI=1S/C14H14N6O2S2/c1-22-10-4-2-9(3-5-10)12-18-19-14(20(12)15)24-8-11(21)17-13-16-6-7-23-13/h2-7H,8,15H2,1H3,(H,16,17,21). The smallest absolute Gasteiger partial charge is 0.236 e. The van der Waals surface area contributed by atoms with Crippen LogP contribution in [0.1, 0.15) is 0 Å². The fraction of sp³-hybridized carbons (Fsp3) is 0.143. The number of carbonyl (C=O) groups is 1. The Balaban J connectivity index is 1.65. The first kappa shape index (κ1) is 16.3. The number of ether oxygens (including phenoxy) is 1. The molecule has 1 aromatic carbocycles. The van der Waals surface area contributed by atoms with Crippen LogP contribution in [0.2, 0.25) is 0 Å².